The van der Waals surface area contributed by atoms with Crippen LogP contribution in [0.4, 0.5) is 5.82 Å². The molecule has 0 fully saturated rings. The van der Waals surface area contributed by atoms with Crippen LogP contribution in [0.15, 0.2) is 12.1 Å². The molecular formula is C13H20ClN3OS. The number of amides is 1. The van der Waals surface area contributed by atoms with Crippen LogP contribution in [-0.4, -0.2) is 35.5 Å². The Bertz CT molecular complexity index is 428. The minimum atomic E-state index is -0.231. The Hall–Kier alpha value is -0.940. The number of aromatic nitrogens is 1. The first kappa shape index (κ1) is 16.1. The summed E-state index contributed by atoms with van der Waals surface area (Å²) in [6.45, 7) is 5.55. The van der Waals surface area contributed by atoms with Gasteiger partial charge in [-0.05, 0) is 24.8 Å². The molecule has 0 aliphatic carbocycles. The molecule has 1 atom stereocenters. The lowest BCUT2D eigenvalue weighted by atomic mass is 10.3. The minimum Gasteiger partial charge on any atom is -0.370 e. The van der Waals surface area contributed by atoms with Gasteiger partial charge in [0.25, 0.3) is 5.91 Å². The number of carbonyl (C=O) groups is 1. The van der Waals surface area contributed by atoms with Gasteiger partial charge >= 0.3 is 0 Å². The number of nitrogens with zero attached hydrogens (tertiary/aromatic N) is 1. The number of halogens is 1. The normalized spacial score (nSPS) is 12.0. The van der Waals surface area contributed by atoms with E-state index in [2.05, 4.69) is 29.5 Å². The molecular weight excluding hydrogens is 282 g/mol. The van der Waals surface area contributed by atoms with E-state index >= 15 is 0 Å². The summed E-state index contributed by atoms with van der Waals surface area (Å²) in [4.78, 5) is 16.3. The smallest absolute Gasteiger partial charge is 0.271 e. The van der Waals surface area contributed by atoms with Crippen molar-refractivity contribution in [3.63, 3.8) is 0 Å². The summed E-state index contributed by atoms with van der Waals surface area (Å²) in [6, 6.07) is 3.47. The lowest BCUT2D eigenvalue weighted by Gasteiger charge is -2.11. The van der Waals surface area contributed by atoms with E-state index in [0.717, 1.165) is 13.0 Å². The Morgan fingerprint density at radius 1 is 1.53 bits per heavy atom. The van der Waals surface area contributed by atoms with Crippen molar-refractivity contribution in [3.8, 4) is 0 Å². The van der Waals surface area contributed by atoms with Gasteiger partial charge in [-0.3, -0.25) is 4.79 Å². The molecule has 6 heteroatoms. The Labute approximate surface area is 123 Å². The summed E-state index contributed by atoms with van der Waals surface area (Å²) in [5, 5.41) is 6.71. The van der Waals surface area contributed by atoms with Crippen LogP contribution >= 0.6 is 23.4 Å². The van der Waals surface area contributed by atoms with Gasteiger partial charge in [-0.15, -0.1) is 0 Å². The van der Waals surface area contributed by atoms with Gasteiger partial charge in [-0.1, -0.05) is 25.4 Å². The van der Waals surface area contributed by atoms with Crippen molar-refractivity contribution in [2.45, 2.75) is 25.5 Å². The van der Waals surface area contributed by atoms with Gasteiger partial charge in [0, 0.05) is 18.3 Å². The molecule has 1 rings (SSSR count). The van der Waals surface area contributed by atoms with E-state index in [0.29, 0.717) is 22.6 Å². The van der Waals surface area contributed by atoms with Crippen LogP contribution in [0, 0.1) is 0 Å². The lowest BCUT2D eigenvalue weighted by Crippen LogP contribution is -2.30. The summed E-state index contributed by atoms with van der Waals surface area (Å²) in [6.07, 6.45) is 3.01. The van der Waals surface area contributed by atoms with Crippen molar-refractivity contribution in [3.05, 3.63) is 22.8 Å². The monoisotopic (exact) mass is 301 g/mol. The molecule has 106 valence electrons. The van der Waals surface area contributed by atoms with Crippen molar-refractivity contribution in [1.82, 2.24) is 10.3 Å². The molecule has 1 unspecified atom stereocenters. The first-order valence-corrected chi connectivity index (χ1v) is 7.96. The summed E-state index contributed by atoms with van der Waals surface area (Å²) >= 11 is 7.72. The second-order valence-corrected chi connectivity index (χ2v) is 5.89. The molecule has 1 heterocycles. The van der Waals surface area contributed by atoms with Crippen LogP contribution in [0.3, 0.4) is 0 Å². The maximum atomic E-state index is 12.0. The van der Waals surface area contributed by atoms with E-state index in [1.807, 2.05) is 6.26 Å². The molecule has 19 heavy (non-hydrogen) atoms. The first-order chi connectivity index (χ1) is 9.08. The fraction of sp³-hybridized carbons (Fsp3) is 0.538. The van der Waals surface area contributed by atoms with Crippen LogP contribution in [-0.2, 0) is 0 Å². The van der Waals surface area contributed by atoms with Crippen molar-refractivity contribution < 1.29 is 4.79 Å². The molecule has 1 aromatic heterocycles. The Kier molecular flexibility index (Phi) is 7.02. The fourth-order valence-corrected chi connectivity index (χ4v) is 1.80. The van der Waals surface area contributed by atoms with E-state index in [4.69, 9.17) is 11.6 Å². The number of carbonyl (C=O) groups excluding carboxylic acids is 1. The van der Waals surface area contributed by atoms with Crippen LogP contribution < -0.4 is 10.6 Å². The maximum Gasteiger partial charge on any atom is 0.271 e. The molecule has 0 spiro atoms. The largest absolute Gasteiger partial charge is 0.370 e. The summed E-state index contributed by atoms with van der Waals surface area (Å²) in [7, 11) is 0. The quantitative estimate of drug-likeness (QED) is 0.813. The molecule has 0 saturated carbocycles. The number of anilines is 1. The Balaban J connectivity index is 2.72. The van der Waals surface area contributed by atoms with Crippen LogP contribution in [0.25, 0.3) is 0 Å². The Morgan fingerprint density at radius 3 is 2.89 bits per heavy atom. The third-order valence-electron chi connectivity index (χ3n) is 2.57. The third-order valence-corrected chi connectivity index (χ3v) is 3.85. The van der Waals surface area contributed by atoms with Crippen molar-refractivity contribution in [2.24, 2.45) is 0 Å². The van der Waals surface area contributed by atoms with Gasteiger partial charge in [0.05, 0.1) is 5.02 Å². The molecule has 0 aliphatic heterocycles. The molecule has 0 saturated heterocycles. The van der Waals surface area contributed by atoms with Gasteiger partial charge in [0.2, 0.25) is 0 Å². The molecule has 1 amide bonds. The van der Waals surface area contributed by atoms with Crippen molar-refractivity contribution in [1.29, 1.82) is 0 Å². The van der Waals surface area contributed by atoms with Gasteiger partial charge < -0.3 is 10.6 Å². The van der Waals surface area contributed by atoms with Crippen molar-refractivity contribution >= 4 is 35.1 Å². The molecule has 0 aliphatic rings. The third kappa shape index (κ3) is 5.28. The summed E-state index contributed by atoms with van der Waals surface area (Å²) in [5.41, 5.74) is 0.274. The number of nitrogens with one attached hydrogen (secondary N) is 2. The van der Waals surface area contributed by atoms with E-state index in [-0.39, 0.29) is 11.6 Å². The molecule has 2 N–H and O–H groups in total. The SMILES string of the molecule is CCCNc1ccc(Cl)c(C(=O)NCC(C)SC)n1. The Morgan fingerprint density at radius 2 is 2.26 bits per heavy atom. The molecule has 0 bridgehead atoms. The predicted octanol–water partition coefficient (Wildman–Crippen LogP) is 3.04. The summed E-state index contributed by atoms with van der Waals surface area (Å²) < 4.78 is 0. The van der Waals surface area contributed by atoms with E-state index in [1.54, 1.807) is 23.9 Å². The molecule has 1 aromatic rings. The van der Waals surface area contributed by atoms with E-state index < -0.39 is 0 Å². The van der Waals surface area contributed by atoms with E-state index in [1.165, 1.54) is 0 Å². The topological polar surface area (TPSA) is 54.0 Å². The fourth-order valence-electron chi connectivity index (χ4n) is 1.36. The van der Waals surface area contributed by atoms with Gasteiger partial charge in [-0.2, -0.15) is 11.8 Å². The number of rotatable bonds is 7. The summed E-state index contributed by atoms with van der Waals surface area (Å²) in [5.74, 6) is 0.445. The number of thioether (sulfide) groups is 1. The highest BCUT2D eigenvalue weighted by Crippen LogP contribution is 2.17. The minimum absolute atomic E-state index is 0.231. The molecule has 0 radical (unpaired) electrons. The number of hydrogen-bond acceptors (Lipinski definition) is 4. The van der Waals surface area contributed by atoms with Crippen LogP contribution in [0.5, 0.6) is 0 Å². The van der Waals surface area contributed by atoms with Gasteiger partial charge in [0.1, 0.15) is 11.5 Å². The lowest BCUT2D eigenvalue weighted by molar-refractivity contribution is 0.0949. The van der Waals surface area contributed by atoms with Crippen LogP contribution in [0.2, 0.25) is 5.02 Å². The average molecular weight is 302 g/mol. The highest BCUT2D eigenvalue weighted by molar-refractivity contribution is 7.99. The zero-order chi connectivity index (χ0) is 14.3. The zero-order valence-corrected chi connectivity index (χ0v) is 13.1. The molecule has 0 aromatic carbocycles. The number of pyridine rings is 1. The maximum absolute atomic E-state index is 12.0. The van der Waals surface area contributed by atoms with Gasteiger partial charge in [0.15, 0.2) is 0 Å². The number of hydrogen-bond donors (Lipinski definition) is 2. The highest BCUT2D eigenvalue weighted by Gasteiger charge is 2.13. The second kappa shape index (κ2) is 8.27. The second-order valence-electron chi connectivity index (χ2n) is 4.21. The van der Waals surface area contributed by atoms with Gasteiger partial charge in [-0.25, -0.2) is 4.98 Å². The first-order valence-electron chi connectivity index (χ1n) is 6.29. The highest BCUT2D eigenvalue weighted by atomic mass is 35.5. The predicted molar refractivity (Wildman–Crippen MR) is 83.3 cm³/mol. The average Bonchev–Trinajstić information content (AvgIpc) is 2.43. The van der Waals surface area contributed by atoms with E-state index in [9.17, 15) is 4.79 Å². The standard InChI is InChI=1S/C13H20ClN3OS/c1-4-7-15-11-6-5-10(14)12(17-11)13(18)16-8-9(2)19-3/h5-6,9H,4,7-8H2,1-3H3,(H,15,17)(H,16,18). The van der Waals surface area contributed by atoms with Crippen LogP contribution in [0.1, 0.15) is 30.8 Å². The zero-order valence-electron chi connectivity index (χ0n) is 11.5. The van der Waals surface area contributed by atoms with Crippen molar-refractivity contribution in [2.75, 3.05) is 24.7 Å². The molecule has 4 nitrogen and oxygen atoms in total.